The molecule has 1 amide bonds. The molecule has 1 atom stereocenters. The molecule has 140 valence electrons. The molecular formula is C21H25N5O. The molecular weight excluding hydrogens is 338 g/mol. The van der Waals surface area contributed by atoms with Gasteiger partial charge in [-0.15, -0.1) is 0 Å². The van der Waals surface area contributed by atoms with Gasteiger partial charge >= 0.3 is 0 Å². The highest BCUT2D eigenvalue weighted by Crippen LogP contribution is 2.22. The van der Waals surface area contributed by atoms with E-state index in [0.717, 1.165) is 25.2 Å². The van der Waals surface area contributed by atoms with Crippen molar-refractivity contribution in [1.82, 2.24) is 19.7 Å². The van der Waals surface area contributed by atoms with Crippen LogP contribution in [-0.2, 0) is 6.54 Å². The molecule has 6 nitrogen and oxygen atoms in total. The molecule has 1 aromatic heterocycles. The Bertz CT molecular complexity index is 848. The van der Waals surface area contributed by atoms with Crippen LogP contribution in [0.4, 0.5) is 5.69 Å². The van der Waals surface area contributed by atoms with Crippen molar-refractivity contribution >= 4 is 11.6 Å². The molecule has 0 aliphatic rings. The van der Waals surface area contributed by atoms with Gasteiger partial charge in [-0.1, -0.05) is 30.3 Å². The Balaban J connectivity index is 1.57. The second kappa shape index (κ2) is 9.09. The predicted molar refractivity (Wildman–Crippen MR) is 107 cm³/mol. The fraction of sp³-hybridized carbons (Fsp3) is 0.286. The Labute approximate surface area is 159 Å². The fourth-order valence-electron chi connectivity index (χ4n) is 2.95. The highest BCUT2D eigenvalue weighted by atomic mass is 16.1. The van der Waals surface area contributed by atoms with Crippen molar-refractivity contribution in [3.63, 3.8) is 0 Å². The van der Waals surface area contributed by atoms with E-state index in [9.17, 15) is 4.79 Å². The molecule has 6 heteroatoms. The number of aromatic nitrogens is 3. The Kier molecular flexibility index (Phi) is 6.33. The number of nitrogens with one attached hydrogen (secondary N) is 1. The van der Waals surface area contributed by atoms with Crippen LogP contribution in [0.1, 0.15) is 35.3 Å². The third kappa shape index (κ3) is 5.24. The minimum atomic E-state index is -0.0958. The van der Waals surface area contributed by atoms with Gasteiger partial charge in [0.15, 0.2) is 0 Å². The lowest BCUT2D eigenvalue weighted by Gasteiger charge is -2.25. The molecule has 27 heavy (non-hydrogen) atoms. The van der Waals surface area contributed by atoms with Crippen LogP contribution >= 0.6 is 0 Å². The van der Waals surface area contributed by atoms with Gasteiger partial charge in [-0.2, -0.15) is 5.10 Å². The molecule has 1 heterocycles. The zero-order chi connectivity index (χ0) is 19.1. The monoisotopic (exact) mass is 363 g/mol. The third-order valence-corrected chi connectivity index (χ3v) is 4.69. The van der Waals surface area contributed by atoms with Crippen LogP contribution in [0.3, 0.4) is 0 Å². The lowest BCUT2D eigenvalue weighted by atomic mass is 10.1. The predicted octanol–water partition coefficient (Wildman–Crippen LogP) is 3.61. The molecule has 0 spiro atoms. The van der Waals surface area contributed by atoms with Crippen LogP contribution < -0.4 is 5.32 Å². The highest BCUT2D eigenvalue weighted by Gasteiger charge is 2.13. The first-order chi connectivity index (χ1) is 13.1. The van der Waals surface area contributed by atoms with Crippen LogP contribution in [0.25, 0.3) is 0 Å². The standard InChI is InChI=1S/C21H25N5O/c1-17(25(2)12-7-13-26-16-22-15-23-26)19-10-6-11-20(14-19)24-21(27)18-8-4-3-5-9-18/h3-6,8-11,14-17H,7,12-13H2,1-2H3,(H,24,27)/t17-/m0/s1. The van der Waals surface area contributed by atoms with Gasteiger partial charge in [0.2, 0.25) is 0 Å². The minimum Gasteiger partial charge on any atom is -0.322 e. The first kappa shape index (κ1) is 18.8. The van der Waals surface area contributed by atoms with E-state index >= 15 is 0 Å². The van der Waals surface area contributed by atoms with E-state index in [1.54, 1.807) is 12.7 Å². The van der Waals surface area contributed by atoms with Crippen LogP contribution in [-0.4, -0.2) is 39.2 Å². The molecule has 0 saturated carbocycles. The number of carbonyl (C=O) groups is 1. The third-order valence-electron chi connectivity index (χ3n) is 4.69. The van der Waals surface area contributed by atoms with Gasteiger partial charge in [-0.25, -0.2) is 4.98 Å². The van der Waals surface area contributed by atoms with E-state index < -0.39 is 0 Å². The smallest absolute Gasteiger partial charge is 0.255 e. The van der Waals surface area contributed by atoms with Crippen molar-refractivity contribution < 1.29 is 4.79 Å². The number of benzene rings is 2. The summed E-state index contributed by atoms with van der Waals surface area (Å²) < 4.78 is 1.85. The molecule has 0 fully saturated rings. The summed E-state index contributed by atoms with van der Waals surface area (Å²) in [6, 6.07) is 17.5. The molecule has 0 unspecified atom stereocenters. The molecule has 3 aromatic rings. The van der Waals surface area contributed by atoms with E-state index in [1.807, 2.05) is 53.2 Å². The van der Waals surface area contributed by atoms with Gasteiger partial charge in [0.1, 0.15) is 12.7 Å². The molecule has 0 bridgehead atoms. The summed E-state index contributed by atoms with van der Waals surface area (Å²) in [6.45, 7) is 3.97. The van der Waals surface area contributed by atoms with Gasteiger partial charge in [0.05, 0.1) is 0 Å². The number of rotatable bonds is 8. The van der Waals surface area contributed by atoms with Gasteiger partial charge in [0, 0.05) is 30.4 Å². The zero-order valence-corrected chi connectivity index (χ0v) is 15.7. The van der Waals surface area contributed by atoms with Gasteiger partial charge < -0.3 is 5.32 Å². The average Bonchev–Trinajstić information content (AvgIpc) is 3.21. The van der Waals surface area contributed by atoms with Crippen molar-refractivity contribution in [1.29, 1.82) is 0 Å². The molecule has 0 aliphatic heterocycles. The largest absolute Gasteiger partial charge is 0.322 e. The highest BCUT2D eigenvalue weighted by molar-refractivity contribution is 6.04. The summed E-state index contributed by atoms with van der Waals surface area (Å²) in [5.74, 6) is -0.0958. The summed E-state index contributed by atoms with van der Waals surface area (Å²) in [4.78, 5) is 18.6. The summed E-state index contributed by atoms with van der Waals surface area (Å²) >= 11 is 0. The number of carbonyl (C=O) groups excluding carboxylic acids is 1. The normalized spacial score (nSPS) is 12.1. The maximum absolute atomic E-state index is 12.3. The number of nitrogens with zero attached hydrogens (tertiary/aromatic N) is 4. The van der Waals surface area contributed by atoms with E-state index in [0.29, 0.717) is 5.56 Å². The first-order valence-electron chi connectivity index (χ1n) is 9.12. The molecule has 0 aliphatic carbocycles. The van der Waals surface area contributed by atoms with E-state index in [-0.39, 0.29) is 11.9 Å². The number of hydrogen-bond acceptors (Lipinski definition) is 4. The van der Waals surface area contributed by atoms with Crippen molar-refractivity contribution in [2.24, 2.45) is 0 Å². The maximum atomic E-state index is 12.3. The maximum Gasteiger partial charge on any atom is 0.255 e. The van der Waals surface area contributed by atoms with Gasteiger partial charge in [0.25, 0.3) is 5.91 Å². The topological polar surface area (TPSA) is 63.1 Å². The number of aryl methyl sites for hydroxylation is 1. The quantitative estimate of drug-likeness (QED) is 0.664. The Morgan fingerprint density at radius 3 is 2.74 bits per heavy atom. The van der Waals surface area contributed by atoms with E-state index in [4.69, 9.17) is 0 Å². The van der Waals surface area contributed by atoms with Crippen LogP contribution in [0, 0.1) is 0 Å². The lowest BCUT2D eigenvalue weighted by molar-refractivity contribution is 0.102. The second-order valence-electron chi connectivity index (χ2n) is 6.61. The molecule has 1 N–H and O–H groups in total. The minimum absolute atomic E-state index is 0.0958. The van der Waals surface area contributed by atoms with Crippen molar-refractivity contribution in [3.05, 3.63) is 78.4 Å². The summed E-state index contributed by atoms with van der Waals surface area (Å²) in [7, 11) is 2.11. The first-order valence-corrected chi connectivity index (χ1v) is 9.12. The molecule has 0 radical (unpaired) electrons. The molecule has 2 aromatic carbocycles. The SMILES string of the molecule is C[C@@H](c1cccc(NC(=O)c2ccccc2)c1)N(C)CCCn1cncn1. The molecule has 0 saturated heterocycles. The zero-order valence-electron chi connectivity index (χ0n) is 15.7. The molecule has 3 rings (SSSR count). The van der Waals surface area contributed by atoms with Crippen molar-refractivity contribution in [2.75, 3.05) is 18.9 Å². The Morgan fingerprint density at radius 1 is 1.19 bits per heavy atom. The van der Waals surface area contributed by atoms with Crippen LogP contribution in [0.15, 0.2) is 67.3 Å². The number of anilines is 1. The summed E-state index contributed by atoms with van der Waals surface area (Å²) in [5.41, 5.74) is 2.63. The fourth-order valence-corrected chi connectivity index (χ4v) is 2.95. The van der Waals surface area contributed by atoms with Crippen LogP contribution in [0.5, 0.6) is 0 Å². The van der Waals surface area contributed by atoms with Crippen molar-refractivity contribution in [2.45, 2.75) is 25.9 Å². The lowest BCUT2D eigenvalue weighted by Crippen LogP contribution is -2.24. The Hall–Kier alpha value is -2.99. The second-order valence-corrected chi connectivity index (χ2v) is 6.61. The van der Waals surface area contributed by atoms with Gasteiger partial charge in [-0.05, 0) is 50.2 Å². The number of hydrogen-bond donors (Lipinski definition) is 1. The summed E-state index contributed by atoms with van der Waals surface area (Å²) in [6.07, 6.45) is 4.29. The van der Waals surface area contributed by atoms with E-state index in [1.165, 1.54) is 5.56 Å². The summed E-state index contributed by atoms with van der Waals surface area (Å²) in [5, 5.41) is 7.11. The number of amides is 1. The van der Waals surface area contributed by atoms with Crippen molar-refractivity contribution in [3.8, 4) is 0 Å². The average molecular weight is 363 g/mol. The Morgan fingerprint density at radius 2 is 2.00 bits per heavy atom. The van der Waals surface area contributed by atoms with Gasteiger partial charge in [-0.3, -0.25) is 14.4 Å². The van der Waals surface area contributed by atoms with Crippen LogP contribution in [0.2, 0.25) is 0 Å². The van der Waals surface area contributed by atoms with E-state index in [2.05, 4.69) is 40.3 Å².